The topological polar surface area (TPSA) is 54.5 Å². The van der Waals surface area contributed by atoms with Gasteiger partial charge in [-0.2, -0.15) is 5.10 Å². The first-order chi connectivity index (χ1) is 6.81. The van der Waals surface area contributed by atoms with Gasteiger partial charge in [-0.1, -0.05) is 13.0 Å². The summed E-state index contributed by atoms with van der Waals surface area (Å²) in [4.78, 5) is 4.26. The molecule has 2 heterocycles. The van der Waals surface area contributed by atoms with Gasteiger partial charge in [0.15, 0.2) is 0 Å². The van der Waals surface area contributed by atoms with Crippen molar-refractivity contribution in [3.05, 3.63) is 24.4 Å². The second kappa shape index (κ2) is 3.65. The Morgan fingerprint density at radius 2 is 2.43 bits per heavy atom. The predicted octanol–water partition coefficient (Wildman–Crippen LogP) is 1.34. The highest BCUT2D eigenvalue weighted by Crippen LogP contribution is 2.22. The summed E-state index contributed by atoms with van der Waals surface area (Å²) in [5.41, 5.74) is 5.71. The fraction of sp³-hybridized carbons (Fsp3) is 0.400. The molecule has 14 heavy (non-hydrogen) atoms. The summed E-state index contributed by atoms with van der Waals surface area (Å²) in [7, 11) is 0. The predicted molar refractivity (Wildman–Crippen MR) is 57.0 cm³/mol. The molecule has 1 aromatic rings. The zero-order valence-corrected chi connectivity index (χ0v) is 8.22. The van der Waals surface area contributed by atoms with E-state index in [0.717, 1.165) is 18.7 Å². The largest absolute Gasteiger partial charge is 0.386 e. The average Bonchev–Trinajstić information content (AvgIpc) is 2.61. The molecule has 0 saturated carbocycles. The van der Waals surface area contributed by atoms with Crippen molar-refractivity contribution < 1.29 is 0 Å². The molecule has 0 aromatic carbocycles. The first-order valence-electron chi connectivity index (χ1n) is 4.84. The van der Waals surface area contributed by atoms with Crippen molar-refractivity contribution >= 4 is 11.7 Å². The van der Waals surface area contributed by atoms with Crippen LogP contribution in [0.25, 0.3) is 0 Å². The van der Waals surface area contributed by atoms with Gasteiger partial charge in [0.05, 0.1) is 6.04 Å². The lowest BCUT2D eigenvalue weighted by Crippen LogP contribution is -2.26. The number of hydrogen-bond acceptors (Lipinski definition) is 4. The van der Waals surface area contributed by atoms with Crippen molar-refractivity contribution in [3.8, 4) is 0 Å². The third-order valence-corrected chi connectivity index (χ3v) is 2.38. The molecule has 4 heteroatoms. The van der Waals surface area contributed by atoms with E-state index in [2.05, 4.69) is 17.0 Å². The molecule has 0 spiro atoms. The maximum atomic E-state index is 5.71. The highest BCUT2D eigenvalue weighted by Gasteiger charge is 2.25. The summed E-state index contributed by atoms with van der Waals surface area (Å²) in [6.45, 7) is 2.13. The van der Waals surface area contributed by atoms with Crippen molar-refractivity contribution in [1.29, 1.82) is 0 Å². The lowest BCUT2D eigenvalue weighted by atomic mass is 10.1. The second-order valence-corrected chi connectivity index (χ2v) is 3.39. The first kappa shape index (κ1) is 8.99. The van der Waals surface area contributed by atoms with E-state index in [9.17, 15) is 0 Å². The van der Waals surface area contributed by atoms with Crippen LogP contribution in [0.15, 0.2) is 29.5 Å². The van der Waals surface area contributed by atoms with Gasteiger partial charge in [0, 0.05) is 12.6 Å². The van der Waals surface area contributed by atoms with Crippen LogP contribution in [0.3, 0.4) is 0 Å². The molecule has 0 saturated heterocycles. The first-order valence-corrected chi connectivity index (χ1v) is 4.84. The number of anilines is 1. The van der Waals surface area contributed by atoms with Gasteiger partial charge in [-0.25, -0.2) is 9.99 Å². The molecule has 0 fully saturated rings. The molecule has 4 nitrogen and oxygen atoms in total. The summed E-state index contributed by atoms with van der Waals surface area (Å²) in [6.07, 6.45) is 3.64. The van der Waals surface area contributed by atoms with E-state index in [4.69, 9.17) is 5.73 Å². The van der Waals surface area contributed by atoms with Crippen LogP contribution in [0.5, 0.6) is 0 Å². The van der Waals surface area contributed by atoms with E-state index in [0.29, 0.717) is 11.9 Å². The quantitative estimate of drug-likeness (QED) is 0.765. The molecule has 2 rings (SSSR count). The fourth-order valence-electron chi connectivity index (χ4n) is 1.63. The van der Waals surface area contributed by atoms with Gasteiger partial charge in [-0.05, 0) is 18.6 Å². The van der Waals surface area contributed by atoms with Crippen LogP contribution in [0.1, 0.15) is 19.8 Å². The molecule has 0 bridgehead atoms. The molecular weight excluding hydrogens is 176 g/mol. The zero-order chi connectivity index (χ0) is 9.97. The molecule has 74 valence electrons. The van der Waals surface area contributed by atoms with E-state index < -0.39 is 0 Å². The van der Waals surface area contributed by atoms with Crippen LogP contribution in [-0.4, -0.2) is 16.9 Å². The van der Waals surface area contributed by atoms with Gasteiger partial charge in [-0.3, -0.25) is 0 Å². The number of aromatic nitrogens is 1. The van der Waals surface area contributed by atoms with Crippen LogP contribution >= 0.6 is 0 Å². The SMILES string of the molecule is CCC1CC(N)=NN1c1ccccn1. The highest BCUT2D eigenvalue weighted by atomic mass is 15.5. The summed E-state index contributed by atoms with van der Waals surface area (Å²) in [6, 6.07) is 6.17. The maximum absolute atomic E-state index is 5.71. The molecular formula is C10H14N4. The van der Waals surface area contributed by atoms with Crippen LogP contribution in [0.2, 0.25) is 0 Å². The molecule has 0 aliphatic carbocycles. The Kier molecular flexibility index (Phi) is 2.35. The van der Waals surface area contributed by atoms with Gasteiger partial charge in [0.1, 0.15) is 11.7 Å². The highest BCUT2D eigenvalue weighted by molar-refractivity contribution is 5.84. The monoisotopic (exact) mass is 190 g/mol. The number of nitrogens with zero attached hydrogens (tertiary/aromatic N) is 3. The minimum Gasteiger partial charge on any atom is -0.386 e. The van der Waals surface area contributed by atoms with Gasteiger partial charge >= 0.3 is 0 Å². The second-order valence-electron chi connectivity index (χ2n) is 3.39. The maximum Gasteiger partial charge on any atom is 0.149 e. The van der Waals surface area contributed by atoms with E-state index in [1.54, 1.807) is 6.20 Å². The zero-order valence-electron chi connectivity index (χ0n) is 8.22. The lowest BCUT2D eigenvalue weighted by Gasteiger charge is -2.20. The molecule has 1 aliphatic heterocycles. The van der Waals surface area contributed by atoms with E-state index in [-0.39, 0.29) is 0 Å². The number of hydrazone groups is 1. The van der Waals surface area contributed by atoms with Crippen LogP contribution < -0.4 is 10.7 Å². The molecule has 2 N–H and O–H groups in total. The van der Waals surface area contributed by atoms with Crippen LogP contribution in [0, 0.1) is 0 Å². The number of amidine groups is 1. The Bertz CT molecular complexity index is 333. The van der Waals surface area contributed by atoms with Crippen molar-refractivity contribution in [2.75, 3.05) is 5.01 Å². The number of pyridine rings is 1. The number of hydrogen-bond donors (Lipinski definition) is 1. The van der Waals surface area contributed by atoms with E-state index >= 15 is 0 Å². The average molecular weight is 190 g/mol. The summed E-state index contributed by atoms with van der Waals surface area (Å²) in [5.74, 6) is 1.57. The third kappa shape index (κ3) is 1.55. The molecule has 1 unspecified atom stereocenters. The molecule has 0 radical (unpaired) electrons. The minimum absolute atomic E-state index is 0.366. The summed E-state index contributed by atoms with van der Waals surface area (Å²) < 4.78 is 0. The Labute approximate surface area is 83.4 Å². The Balaban J connectivity index is 2.25. The fourth-order valence-corrected chi connectivity index (χ4v) is 1.63. The van der Waals surface area contributed by atoms with Crippen molar-refractivity contribution in [2.45, 2.75) is 25.8 Å². The van der Waals surface area contributed by atoms with Crippen molar-refractivity contribution in [2.24, 2.45) is 10.8 Å². The Morgan fingerprint density at radius 1 is 1.57 bits per heavy atom. The standard InChI is InChI=1S/C10H14N4/c1-2-8-7-9(11)13-14(8)10-5-3-4-6-12-10/h3-6,8H,2,7H2,1H3,(H2,11,13). The number of nitrogens with two attached hydrogens (primary N) is 1. The normalized spacial score (nSPS) is 21.1. The summed E-state index contributed by atoms with van der Waals surface area (Å²) in [5, 5.41) is 6.19. The van der Waals surface area contributed by atoms with E-state index in [1.165, 1.54) is 0 Å². The van der Waals surface area contributed by atoms with Crippen LogP contribution in [-0.2, 0) is 0 Å². The van der Waals surface area contributed by atoms with E-state index in [1.807, 2.05) is 23.2 Å². The minimum atomic E-state index is 0.366. The van der Waals surface area contributed by atoms with Gasteiger partial charge in [0.2, 0.25) is 0 Å². The Hall–Kier alpha value is -1.58. The molecule has 1 aromatic heterocycles. The number of rotatable bonds is 2. The smallest absolute Gasteiger partial charge is 0.149 e. The molecule has 0 amide bonds. The summed E-state index contributed by atoms with van der Waals surface area (Å²) >= 11 is 0. The molecule has 1 aliphatic rings. The van der Waals surface area contributed by atoms with Gasteiger partial charge in [-0.15, -0.1) is 0 Å². The Morgan fingerprint density at radius 3 is 3.07 bits per heavy atom. The van der Waals surface area contributed by atoms with Crippen molar-refractivity contribution in [3.63, 3.8) is 0 Å². The van der Waals surface area contributed by atoms with Gasteiger partial charge in [0.25, 0.3) is 0 Å². The lowest BCUT2D eigenvalue weighted by molar-refractivity contribution is 0.633. The van der Waals surface area contributed by atoms with Crippen molar-refractivity contribution in [1.82, 2.24) is 4.98 Å². The van der Waals surface area contributed by atoms with Gasteiger partial charge < -0.3 is 5.73 Å². The third-order valence-electron chi connectivity index (χ3n) is 2.38. The van der Waals surface area contributed by atoms with Crippen LogP contribution in [0.4, 0.5) is 5.82 Å². The molecule has 1 atom stereocenters.